The van der Waals surface area contributed by atoms with E-state index in [1.54, 1.807) is 6.20 Å². The van der Waals surface area contributed by atoms with E-state index in [4.69, 9.17) is 14.7 Å². The number of aryl methyl sites for hydroxylation is 2. The molecule has 5 rings (SSSR count). The highest BCUT2D eigenvalue weighted by Gasteiger charge is 2.25. The molecule has 0 radical (unpaired) electrons. The molecule has 2 aliphatic rings. The summed E-state index contributed by atoms with van der Waals surface area (Å²) in [5.41, 5.74) is 2.47. The van der Waals surface area contributed by atoms with Gasteiger partial charge < -0.3 is 9.64 Å². The fourth-order valence-electron chi connectivity index (χ4n) is 3.77. The van der Waals surface area contributed by atoms with Crippen molar-refractivity contribution in [3.8, 4) is 11.4 Å². The fourth-order valence-corrected chi connectivity index (χ4v) is 5.02. The molecule has 3 aromatic heterocycles. The fraction of sp³-hybridized carbons (Fsp3) is 0.421. The number of hydrogen-bond acceptors (Lipinski definition) is 6. The Hall–Kier alpha value is -2.05. The Kier molecular flexibility index (Phi) is 3.87. The summed E-state index contributed by atoms with van der Waals surface area (Å²) in [5, 5.41) is 1.29. The average Bonchev–Trinajstić information content (AvgIpc) is 3.07. The normalized spacial score (nSPS) is 17.7. The lowest BCUT2D eigenvalue weighted by atomic mass is 9.97. The van der Waals surface area contributed by atoms with Gasteiger partial charge in [0.2, 0.25) is 0 Å². The molecule has 1 saturated heterocycles. The van der Waals surface area contributed by atoms with Crippen LogP contribution in [0.25, 0.3) is 21.6 Å². The maximum Gasteiger partial charge on any atom is 0.164 e. The molecule has 25 heavy (non-hydrogen) atoms. The van der Waals surface area contributed by atoms with Crippen LogP contribution in [0.2, 0.25) is 0 Å². The highest BCUT2D eigenvalue weighted by atomic mass is 32.1. The van der Waals surface area contributed by atoms with Gasteiger partial charge in [-0.25, -0.2) is 9.97 Å². The predicted molar refractivity (Wildman–Crippen MR) is 100 cm³/mol. The molecule has 0 bridgehead atoms. The molecule has 0 amide bonds. The van der Waals surface area contributed by atoms with E-state index < -0.39 is 0 Å². The second-order valence-electron chi connectivity index (χ2n) is 6.60. The molecule has 1 aliphatic carbocycles. The lowest BCUT2D eigenvalue weighted by Gasteiger charge is -2.29. The van der Waals surface area contributed by atoms with Crippen molar-refractivity contribution >= 4 is 27.4 Å². The van der Waals surface area contributed by atoms with Crippen LogP contribution in [0, 0.1) is 0 Å². The summed E-state index contributed by atoms with van der Waals surface area (Å²) in [7, 11) is 0. The molecule has 0 saturated carbocycles. The molecule has 3 aromatic rings. The van der Waals surface area contributed by atoms with Gasteiger partial charge >= 0.3 is 0 Å². The lowest BCUT2D eigenvalue weighted by Crippen LogP contribution is -2.37. The van der Waals surface area contributed by atoms with Crippen LogP contribution in [0.5, 0.6) is 0 Å². The van der Waals surface area contributed by atoms with Gasteiger partial charge in [0.05, 0.1) is 18.6 Å². The summed E-state index contributed by atoms with van der Waals surface area (Å²) in [6.07, 6.45) is 8.53. The molecule has 0 aromatic carbocycles. The van der Waals surface area contributed by atoms with Gasteiger partial charge in [-0.15, -0.1) is 11.3 Å². The molecule has 5 nitrogen and oxygen atoms in total. The van der Waals surface area contributed by atoms with E-state index in [1.807, 2.05) is 29.7 Å². The lowest BCUT2D eigenvalue weighted by molar-refractivity contribution is 0.122. The van der Waals surface area contributed by atoms with E-state index in [2.05, 4.69) is 9.88 Å². The zero-order chi connectivity index (χ0) is 16.6. The minimum absolute atomic E-state index is 0.764. The third kappa shape index (κ3) is 2.69. The molecule has 4 heterocycles. The van der Waals surface area contributed by atoms with Crippen molar-refractivity contribution in [2.45, 2.75) is 25.7 Å². The van der Waals surface area contributed by atoms with Crippen molar-refractivity contribution in [2.75, 3.05) is 31.2 Å². The molecule has 6 heteroatoms. The van der Waals surface area contributed by atoms with Gasteiger partial charge in [0.1, 0.15) is 10.6 Å². The van der Waals surface area contributed by atoms with E-state index in [0.29, 0.717) is 0 Å². The van der Waals surface area contributed by atoms with E-state index in [0.717, 1.165) is 54.8 Å². The van der Waals surface area contributed by atoms with Gasteiger partial charge in [0, 0.05) is 35.9 Å². The Morgan fingerprint density at radius 3 is 2.80 bits per heavy atom. The van der Waals surface area contributed by atoms with Crippen molar-refractivity contribution in [1.82, 2.24) is 15.0 Å². The smallest absolute Gasteiger partial charge is 0.164 e. The molecule has 128 valence electrons. The predicted octanol–water partition coefficient (Wildman–Crippen LogP) is 3.47. The number of morpholine rings is 1. The van der Waals surface area contributed by atoms with Crippen LogP contribution < -0.4 is 4.90 Å². The summed E-state index contributed by atoms with van der Waals surface area (Å²) < 4.78 is 5.55. The highest BCUT2D eigenvalue weighted by molar-refractivity contribution is 7.19. The van der Waals surface area contributed by atoms with E-state index in [9.17, 15) is 0 Å². The van der Waals surface area contributed by atoms with Crippen LogP contribution in [0.15, 0.2) is 24.5 Å². The second-order valence-corrected chi connectivity index (χ2v) is 7.69. The summed E-state index contributed by atoms with van der Waals surface area (Å²) >= 11 is 1.86. The number of anilines is 1. The first-order valence-corrected chi connectivity index (χ1v) is 9.77. The molecule has 0 N–H and O–H groups in total. The average molecular weight is 352 g/mol. The van der Waals surface area contributed by atoms with Gasteiger partial charge in [-0.3, -0.25) is 4.98 Å². The van der Waals surface area contributed by atoms with Crippen LogP contribution in [-0.4, -0.2) is 41.3 Å². The van der Waals surface area contributed by atoms with Crippen LogP contribution >= 0.6 is 11.3 Å². The first kappa shape index (κ1) is 15.2. The van der Waals surface area contributed by atoms with Crippen molar-refractivity contribution in [3.63, 3.8) is 0 Å². The minimum Gasteiger partial charge on any atom is -0.378 e. The standard InChI is InChI=1S/C19H20N4OS/c1-2-6-15-14(5-1)16-18(23-8-10-24-11-9-23)21-17(22-19(16)25-15)13-4-3-7-20-12-13/h3-4,7,12H,1-2,5-6,8-11H2. The van der Waals surface area contributed by atoms with Gasteiger partial charge in [0.15, 0.2) is 5.82 Å². The number of fused-ring (bicyclic) bond motifs is 3. The SMILES string of the molecule is c1cncc(-c2nc(N3CCOCC3)c3c4c(sc3n2)CCCC4)c1. The molecule has 0 atom stereocenters. The largest absolute Gasteiger partial charge is 0.378 e. The van der Waals surface area contributed by atoms with Crippen molar-refractivity contribution in [1.29, 1.82) is 0 Å². The quantitative estimate of drug-likeness (QED) is 0.707. The first-order chi connectivity index (χ1) is 12.4. The number of pyridine rings is 1. The Labute approximate surface area is 150 Å². The van der Waals surface area contributed by atoms with Gasteiger partial charge in [0.25, 0.3) is 0 Å². The Morgan fingerprint density at radius 2 is 1.96 bits per heavy atom. The topological polar surface area (TPSA) is 51.1 Å². The highest BCUT2D eigenvalue weighted by Crippen LogP contribution is 2.40. The zero-order valence-corrected chi connectivity index (χ0v) is 14.9. The van der Waals surface area contributed by atoms with E-state index in [1.165, 1.54) is 35.1 Å². The number of hydrogen-bond donors (Lipinski definition) is 0. The second kappa shape index (κ2) is 6.35. The molecular weight excluding hydrogens is 332 g/mol. The first-order valence-electron chi connectivity index (χ1n) is 8.95. The van der Waals surface area contributed by atoms with Crippen LogP contribution in [-0.2, 0) is 17.6 Å². The monoisotopic (exact) mass is 352 g/mol. The summed E-state index contributed by atoms with van der Waals surface area (Å²) in [4.78, 5) is 19.2. The zero-order valence-electron chi connectivity index (χ0n) is 14.1. The van der Waals surface area contributed by atoms with Gasteiger partial charge in [-0.2, -0.15) is 0 Å². The maximum atomic E-state index is 5.55. The molecule has 1 fully saturated rings. The van der Waals surface area contributed by atoms with Crippen LogP contribution in [0.4, 0.5) is 5.82 Å². The number of thiophene rings is 1. The van der Waals surface area contributed by atoms with E-state index >= 15 is 0 Å². The third-order valence-electron chi connectivity index (χ3n) is 5.03. The number of rotatable bonds is 2. The summed E-state index contributed by atoms with van der Waals surface area (Å²) in [6, 6.07) is 3.97. The van der Waals surface area contributed by atoms with Crippen molar-refractivity contribution in [2.24, 2.45) is 0 Å². The van der Waals surface area contributed by atoms with Crippen LogP contribution in [0.3, 0.4) is 0 Å². The van der Waals surface area contributed by atoms with Crippen LogP contribution in [0.1, 0.15) is 23.3 Å². The summed E-state index contributed by atoms with van der Waals surface area (Å²) in [6.45, 7) is 3.31. The van der Waals surface area contributed by atoms with E-state index in [-0.39, 0.29) is 0 Å². The Bertz CT molecular complexity index is 903. The number of aromatic nitrogens is 3. The molecule has 0 spiro atoms. The van der Waals surface area contributed by atoms with Crippen molar-refractivity contribution < 1.29 is 4.74 Å². The third-order valence-corrected chi connectivity index (χ3v) is 6.21. The molecule has 1 aliphatic heterocycles. The summed E-state index contributed by atoms with van der Waals surface area (Å²) in [5.74, 6) is 1.87. The number of ether oxygens (including phenoxy) is 1. The Morgan fingerprint density at radius 1 is 1.08 bits per heavy atom. The van der Waals surface area contributed by atoms with Crippen molar-refractivity contribution in [3.05, 3.63) is 35.0 Å². The minimum atomic E-state index is 0.764. The maximum absolute atomic E-state index is 5.55. The molecular formula is C19H20N4OS. The molecule has 0 unspecified atom stereocenters. The van der Waals surface area contributed by atoms with Gasteiger partial charge in [-0.05, 0) is 43.4 Å². The number of nitrogens with zero attached hydrogens (tertiary/aromatic N) is 4. The Balaban J connectivity index is 1.73. The van der Waals surface area contributed by atoms with Gasteiger partial charge in [-0.1, -0.05) is 0 Å².